The van der Waals surface area contributed by atoms with Gasteiger partial charge in [0.25, 0.3) is 0 Å². The topological polar surface area (TPSA) is 56.3 Å². The maximum Gasteiger partial charge on any atom is 0.341 e. The van der Waals surface area contributed by atoms with Crippen molar-refractivity contribution < 1.29 is 14.3 Å². The Morgan fingerprint density at radius 3 is 2.93 bits per heavy atom. The van der Waals surface area contributed by atoms with Gasteiger partial charge in [0.2, 0.25) is 0 Å². The molecule has 15 heavy (non-hydrogen) atoms. The van der Waals surface area contributed by atoms with E-state index < -0.39 is 5.97 Å². The summed E-state index contributed by atoms with van der Waals surface area (Å²) in [6, 6.07) is 1.50. The second kappa shape index (κ2) is 5.26. The molecular formula is C10H8ClNO3. The largest absolute Gasteiger partial charge is 0.465 e. The van der Waals surface area contributed by atoms with Gasteiger partial charge in [0, 0.05) is 6.20 Å². The molecule has 0 saturated carbocycles. The van der Waals surface area contributed by atoms with E-state index in [1.165, 1.54) is 31.5 Å². The maximum absolute atomic E-state index is 11.2. The Kier molecular flexibility index (Phi) is 4.00. The molecule has 1 heterocycles. The molecule has 1 aromatic rings. The summed E-state index contributed by atoms with van der Waals surface area (Å²) in [4.78, 5) is 25.1. The lowest BCUT2D eigenvalue weighted by molar-refractivity contribution is -0.104. The van der Waals surface area contributed by atoms with Gasteiger partial charge >= 0.3 is 5.97 Å². The minimum absolute atomic E-state index is 0.0742. The van der Waals surface area contributed by atoms with Crippen LogP contribution in [0.2, 0.25) is 5.15 Å². The van der Waals surface area contributed by atoms with Crippen LogP contribution in [0.15, 0.2) is 18.3 Å². The molecular weight excluding hydrogens is 218 g/mol. The Hall–Kier alpha value is -1.68. The third kappa shape index (κ3) is 2.89. The minimum Gasteiger partial charge on any atom is -0.465 e. The van der Waals surface area contributed by atoms with Crippen molar-refractivity contribution >= 4 is 29.9 Å². The van der Waals surface area contributed by atoms with Crippen molar-refractivity contribution in [3.8, 4) is 0 Å². The predicted molar refractivity (Wildman–Crippen MR) is 55.7 cm³/mol. The molecule has 1 rings (SSSR count). The number of ether oxygens (including phenoxy) is 1. The van der Waals surface area contributed by atoms with E-state index in [-0.39, 0.29) is 10.7 Å². The summed E-state index contributed by atoms with van der Waals surface area (Å²) in [5, 5.41) is 0.0742. The molecule has 0 bridgehead atoms. The van der Waals surface area contributed by atoms with Gasteiger partial charge in [0.05, 0.1) is 12.7 Å². The van der Waals surface area contributed by atoms with Gasteiger partial charge in [-0.15, -0.1) is 0 Å². The summed E-state index contributed by atoms with van der Waals surface area (Å²) in [6.07, 6.45) is 4.90. The zero-order valence-electron chi connectivity index (χ0n) is 7.94. The van der Waals surface area contributed by atoms with Gasteiger partial charge in [0.15, 0.2) is 0 Å². The highest BCUT2D eigenvalue weighted by Gasteiger charge is 2.11. The molecule has 0 unspecified atom stereocenters. The number of allylic oxidation sites excluding steroid dienone is 1. The second-order valence-electron chi connectivity index (χ2n) is 2.59. The summed E-state index contributed by atoms with van der Waals surface area (Å²) < 4.78 is 4.52. The third-order valence-corrected chi connectivity index (χ3v) is 1.93. The van der Waals surface area contributed by atoms with Gasteiger partial charge in [-0.1, -0.05) is 17.7 Å². The molecule has 5 heteroatoms. The van der Waals surface area contributed by atoms with Crippen LogP contribution in [0.5, 0.6) is 0 Å². The monoisotopic (exact) mass is 225 g/mol. The van der Waals surface area contributed by atoms with Gasteiger partial charge in [-0.3, -0.25) is 4.79 Å². The first-order chi connectivity index (χ1) is 7.19. The Morgan fingerprint density at radius 2 is 2.33 bits per heavy atom. The van der Waals surface area contributed by atoms with Crippen LogP contribution in [0.1, 0.15) is 15.9 Å². The Morgan fingerprint density at radius 1 is 1.60 bits per heavy atom. The molecule has 0 N–H and O–H groups in total. The number of carbonyl (C=O) groups excluding carboxylic acids is 2. The van der Waals surface area contributed by atoms with Crippen LogP contribution in [0.4, 0.5) is 0 Å². The fraction of sp³-hybridized carbons (Fsp3) is 0.100. The lowest BCUT2D eigenvalue weighted by Crippen LogP contribution is -2.03. The van der Waals surface area contributed by atoms with E-state index in [1.807, 2.05) is 0 Å². The lowest BCUT2D eigenvalue weighted by atomic mass is 10.2. The maximum atomic E-state index is 11.2. The van der Waals surface area contributed by atoms with Crippen molar-refractivity contribution in [2.24, 2.45) is 0 Å². The number of aldehydes is 1. The number of hydrogen-bond acceptors (Lipinski definition) is 4. The molecule has 78 valence electrons. The fourth-order valence-electron chi connectivity index (χ4n) is 0.959. The van der Waals surface area contributed by atoms with Crippen molar-refractivity contribution in [1.29, 1.82) is 0 Å². The van der Waals surface area contributed by atoms with Crippen LogP contribution in [0.25, 0.3) is 6.08 Å². The fourth-order valence-corrected chi connectivity index (χ4v) is 1.14. The Bertz CT molecular complexity index is 415. The lowest BCUT2D eigenvalue weighted by Gasteiger charge is -2.01. The van der Waals surface area contributed by atoms with E-state index in [1.54, 1.807) is 0 Å². The van der Waals surface area contributed by atoms with Gasteiger partial charge in [-0.25, -0.2) is 9.78 Å². The summed E-state index contributed by atoms with van der Waals surface area (Å²) in [7, 11) is 1.26. The van der Waals surface area contributed by atoms with Crippen LogP contribution in [-0.2, 0) is 9.53 Å². The first-order valence-electron chi connectivity index (χ1n) is 4.04. The van der Waals surface area contributed by atoms with E-state index >= 15 is 0 Å². The highest BCUT2D eigenvalue weighted by molar-refractivity contribution is 6.32. The summed E-state index contributed by atoms with van der Waals surface area (Å²) in [5.41, 5.74) is 0.777. The second-order valence-corrected chi connectivity index (χ2v) is 2.95. The van der Waals surface area contributed by atoms with E-state index in [4.69, 9.17) is 11.6 Å². The average Bonchev–Trinajstić information content (AvgIpc) is 2.27. The number of aromatic nitrogens is 1. The normalized spacial score (nSPS) is 10.3. The van der Waals surface area contributed by atoms with Crippen LogP contribution < -0.4 is 0 Å². The van der Waals surface area contributed by atoms with Crippen molar-refractivity contribution in [3.63, 3.8) is 0 Å². The van der Waals surface area contributed by atoms with Crippen LogP contribution in [0.3, 0.4) is 0 Å². The van der Waals surface area contributed by atoms with Crippen LogP contribution in [0, 0.1) is 0 Å². The van der Waals surface area contributed by atoms with Gasteiger partial charge < -0.3 is 4.74 Å². The standard InChI is InChI=1S/C10H8ClNO3/c1-15-10(14)8-5-7(3-2-4-13)6-12-9(8)11/h2-6H,1H3. The molecule has 0 spiro atoms. The molecule has 4 nitrogen and oxygen atoms in total. The average molecular weight is 226 g/mol. The van der Waals surface area contributed by atoms with E-state index in [2.05, 4.69) is 9.72 Å². The van der Waals surface area contributed by atoms with Gasteiger partial charge in [-0.2, -0.15) is 0 Å². The number of carbonyl (C=O) groups is 2. The first-order valence-corrected chi connectivity index (χ1v) is 4.42. The van der Waals surface area contributed by atoms with E-state index in [0.29, 0.717) is 11.8 Å². The minimum atomic E-state index is -0.561. The molecule has 0 saturated heterocycles. The predicted octanol–water partition coefficient (Wildman–Crippen LogP) is 1.73. The number of methoxy groups -OCH3 is 1. The highest BCUT2D eigenvalue weighted by Crippen LogP contribution is 2.16. The molecule has 0 amide bonds. The number of halogens is 1. The molecule has 0 radical (unpaired) electrons. The number of rotatable bonds is 3. The number of nitrogens with zero attached hydrogens (tertiary/aromatic N) is 1. The molecule has 0 atom stereocenters. The number of pyridine rings is 1. The SMILES string of the molecule is COC(=O)c1cc(C=CC=O)cnc1Cl. The number of hydrogen-bond donors (Lipinski definition) is 0. The smallest absolute Gasteiger partial charge is 0.341 e. The van der Waals surface area contributed by atoms with E-state index in [9.17, 15) is 9.59 Å². The molecule has 0 aromatic carbocycles. The van der Waals surface area contributed by atoms with Gasteiger partial charge in [0.1, 0.15) is 11.4 Å². The quantitative estimate of drug-likeness (QED) is 0.340. The van der Waals surface area contributed by atoms with Crippen LogP contribution in [-0.4, -0.2) is 24.3 Å². The Labute approximate surface area is 91.5 Å². The zero-order valence-corrected chi connectivity index (χ0v) is 8.69. The molecule has 0 aliphatic carbocycles. The molecule has 0 aliphatic rings. The third-order valence-electron chi connectivity index (χ3n) is 1.63. The van der Waals surface area contributed by atoms with Crippen molar-refractivity contribution in [2.75, 3.05) is 7.11 Å². The molecule has 0 fully saturated rings. The first kappa shape index (κ1) is 11.4. The highest BCUT2D eigenvalue weighted by atomic mass is 35.5. The van der Waals surface area contributed by atoms with Gasteiger partial charge in [-0.05, 0) is 17.7 Å². The van der Waals surface area contributed by atoms with Crippen molar-refractivity contribution in [1.82, 2.24) is 4.98 Å². The summed E-state index contributed by atoms with van der Waals surface area (Å²) in [6.45, 7) is 0. The van der Waals surface area contributed by atoms with Crippen molar-refractivity contribution in [2.45, 2.75) is 0 Å². The van der Waals surface area contributed by atoms with Crippen LogP contribution >= 0.6 is 11.6 Å². The zero-order chi connectivity index (χ0) is 11.3. The summed E-state index contributed by atoms with van der Waals surface area (Å²) in [5.74, 6) is -0.561. The molecule has 1 aromatic heterocycles. The Balaban J connectivity index is 3.10. The molecule has 0 aliphatic heterocycles. The van der Waals surface area contributed by atoms with Crippen molar-refractivity contribution in [3.05, 3.63) is 34.6 Å². The van der Waals surface area contributed by atoms with E-state index in [0.717, 1.165) is 0 Å². The summed E-state index contributed by atoms with van der Waals surface area (Å²) >= 11 is 5.70. The number of esters is 1.